The summed E-state index contributed by atoms with van der Waals surface area (Å²) in [5.41, 5.74) is 0.598. The summed E-state index contributed by atoms with van der Waals surface area (Å²) in [5, 5.41) is 18.1. The van der Waals surface area contributed by atoms with Gasteiger partial charge in [0.15, 0.2) is 0 Å². The van der Waals surface area contributed by atoms with E-state index in [0.717, 1.165) is 0 Å². The zero-order valence-corrected chi connectivity index (χ0v) is 9.62. The SMILES string of the molecule is CCOC(=O)c1c(C#N)ccc(S)c1CO. The molecule has 0 saturated heterocycles. The van der Waals surface area contributed by atoms with Gasteiger partial charge in [-0.1, -0.05) is 0 Å². The summed E-state index contributed by atoms with van der Waals surface area (Å²) in [6.07, 6.45) is 0. The van der Waals surface area contributed by atoms with Gasteiger partial charge in [-0.15, -0.1) is 12.6 Å². The topological polar surface area (TPSA) is 70.3 Å². The summed E-state index contributed by atoms with van der Waals surface area (Å²) in [7, 11) is 0. The summed E-state index contributed by atoms with van der Waals surface area (Å²) in [4.78, 5) is 12.1. The number of nitriles is 1. The molecule has 0 saturated carbocycles. The first-order valence-corrected chi connectivity index (χ1v) is 5.13. The average Bonchev–Trinajstić information content (AvgIpc) is 2.28. The van der Waals surface area contributed by atoms with E-state index in [4.69, 9.17) is 10.00 Å². The van der Waals surface area contributed by atoms with Crippen molar-refractivity contribution < 1.29 is 14.6 Å². The number of aliphatic hydroxyl groups excluding tert-OH is 1. The van der Waals surface area contributed by atoms with Gasteiger partial charge >= 0.3 is 5.97 Å². The lowest BCUT2D eigenvalue weighted by atomic mass is 10.0. The molecule has 0 aliphatic carbocycles. The number of thiol groups is 1. The standard InChI is InChI=1S/C11H11NO3S/c1-2-15-11(14)10-7(5-12)3-4-9(16)8(10)6-13/h3-4,13,16H,2,6H2,1H3. The molecule has 0 aliphatic heterocycles. The fourth-order valence-corrected chi connectivity index (χ4v) is 1.58. The van der Waals surface area contributed by atoms with E-state index >= 15 is 0 Å². The number of nitrogens with zero attached hydrogens (tertiary/aromatic N) is 1. The Morgan fingerprint density at radius 3 is 2.81 bits per heavy atom. The summed E-state index contributed by atoms with van der Waals surface area (Å²) in [6, 6.07) is 4.94. The fourth-order valence-electron chi connectivity index (χ4n) is 1.33. The third-order valence-electron chi connectivity index (χ3n) is 2.05. The van der Waals surface area contributed by atoms with Crippen molar-refractivity contribution in [3.63, 3.8) is 0 Å². The van der Waals surface area contributed by atoms with Crippen molar-refractivity contribution in [2.24, 2.45) is 0 Å². The number of rotatable bonds is 3. The number of hydrogen-bond donors (Lipinski definition) is 2. The second kappa shape index (κ2) is 5.54. The lowest BCUT2D eigenvalue weighted by molar-refractivity contribution is 0.0522. The smallest absolute Gasteiger partial charge is 0.339 e. The molecule has 0 aliphatic rings. The lowest BCUT2D eigenvalue weighted by Gasteiger charge is -2.10. The number of carbonyl (C=O) groups is 1. The molecule has 16 heavy (non-hydrogen) atoms. The van der Waals surface area contributed by atoms with Gasteiger partial charge in [0.1, 0.15) is 6.07 Å². The Labute approximate surface area is 98.9 Å². The fraction of sp³-hybridized carbons (Fsp3) is 0.273. The number of benzene rings is 1. The Morgan fingerprint density at radius 2 is 2.31 bits per heavy atom. The van der Waals surface area contributed by atoms with Gasteiger partial charge in [0, 0.05) is 10.5 Å². The van der Waals surface area contributed by atoms with Crippen molar-refractivity contribution in [2.45, 2.75) is 18.4 Å². The quantitative estimate of drug-likeness (QED) is 0.617. The largest absolute Gasteiger partial charge is 0.462 e. The maximum absolute atomic E-state index is 11.6. The van der Waals surface area contributed by atoms with E-state index < -0.39 is 5.97 Å². The number of carbonyl (C=O) groups excluding carboxylic acids is 1. The molecule has 1 rings (SSSR count). The Hall–Kier alpha value is -1.51. The van der Waals surface area contributed by atoms with Crippen LogP contribution in [0.25, 0.3) is 0 Å². The maximum atomic E-state index is 11.6. The first-order chi connectivity index (χ1) is 7.65. The molecule has 84 valence electrons. The normalized spacial score (nSPS) is 9.62. The van der Waals surface area contributed by atoms with Crippen LogP contribution < -0.4 is 0 Å². The van der Waals surface area contributed by atoms with E-state index in [0.29, 0.717) is 10.5 Å². The van der Waals surface area contributed by atoms with E-state index in [-0.39, 0.29) is 24.3 Å². The summed E-state index contributed by atoms with van der Waals surface area (Å²) >= 11 is 4.12. The zero-order valence-electron chi connectivity index (χ0n) is 8.73. The zero-order chi connectivity index (χ0) is 12.1. The van der Waals surface area contributed by atoms with Crippen LogP contribution >= 0.6 is 12.6 Å². The molecule has 0 unspecified atom stereocenters. The summed E-state index contributed by atoms with van der Waals surface area (Å²) in [6.45, 7) is 1.53. The molecule has 0 fully saturated rings. The molecule has 1 aromatic rings. The van der Waals surface area contributed by atoms with Gasteiger partial charge in [0.2, 0.25) is 0 Å². The average molecular weight is 237 g/mol. The highest BCUT2D eigenvalue weighted by Crippen LogP contribution is 2.23. The molecule has 0 spiro atoms. The van der Waals surface area contributed by atoms with E-state index in [1.54, 1.807) is 13.0 Å². The van der Waals surface area contributed by atoms with Crippen LogP contribution in [-0.4, -0.2) is 17.7 Å². The van der Waals surface area contributed by atoms with E-state index in [2.05, 4.69) is 12.6 Å². The van der Waals surface area contributed by atoms with Crippen molar-refractivity contribution in [3.8, 4) is 6.07 Å². The van der Waals surface area contributed by atoms with E-state index in [1.807, 2.05) is 6.07 Å². The minimum atomic E-state index is -0.612. The molecule has 5 heteroatoms. The predicted molar refractivity (Wildman–Crippen MR) is 60.3 cm³/mol. The van der Waals surface area contributed by atoms with E-state index in [9.17, 15) is 9.90 Å². The third-order valence-corrected chi connectivity index (χ3v) is 2.47. The van der Waals surface area contributed by atoms with Crippen LogP contribution in [0.5, 0.6) is 0 Å². The molecular formula is C11H11NO3S. The van der Waals surface area contributed by atoms with Gasteiger partial charge in [-0.05, 0) is 19.1 Å². The highest BCUT2D eigenvalue weighted by molar-refractivity contribution is 7.80. The van der Waals surface area contributed by atoms with Crippen LogP contribution in [0.1, 0.15) is 28.4 Å². The van der Waals surface area contributed by atoms with Crippen molar-refractivity contribution in [3.05, 3.63) is 28.8 Å². The molecule has 0 amide bonds. The van der Waals surface area contributed by atoms with Crippen molar-refractivity contribution in [1.82, 2.24) is 0 Å². The highest BCUT2D eigenvalue weighted by Gasteiger charge is 2.19. The second-order valence-corrected chi connectivity index (χ2v) is 3.46. The van der Waals surface area contributed by atoms with Gasteiger partial charge in [0.25, 0.3) is 0 Å². The molecular weight excluding hydrogens is 226 g/mol. The van der Waals surface area contributed by atoms with E-state index in [1.165, 1.54) is 6.07 Å². The first kappa shape index (κ1) is 12.6. The first-order valence-electron chi connectivity index (χ1n) is 4.68. The molecule has 4 nitrogen and oxygen atoms in total. The van der Waals surface area contributed by atoms with Crippen LogP contribution in [0.4, 0.5) is 0 Å². The van der Waals surface area contributed by atoms with Crippen LogP contribution in [0.2, 0.25) is 0 Å². The molecule has 0 atom stereocenters. The number of aliphatic hydroxyl groups is 1. The van der Waals surface area contributed by atoms with Crippen LogP contribution in [0, 0.1) is 11.3 Å². The minimum Gasteiger partial charge on any atom is -0.462 e. The third kappa shape index (κ3) is 2.35. The van der Waals surface area contributed by atoms with Crippen LogP contribution in [0.3, 0.4) is 0 Å². The van der Waals surface area contributed by atoms with Gasteiger partial charge in [-0.2, -0.15) is 5.26 Å². The van der Waals surface area contributed by atoms with Gasteiger partial charge in [-0.3, -0.25) is 0 Å². The summed E-state index contributed by atoms with van der Waals surface area (Å²) < 4.78 is 4.83. The number of hydrogen-bond acceptors (Lipinski definition) is 5. The molecule has 1 N–H and O–H groups in total. The molecule has 0 aromatic heterocycles. The Morgan fingerprint density at radius 1 is 1.62 bits per heavy atom. The Kier molecular flexibility index (Phi) is 4.35. The monoisotopic (exact) mass is 237 g/mol. The number of esters is 1. The van der Waals surface area contributed by atoms with Crippen molar-refractivity contribution in [1.29, 1.82) is 5.26 Å². The highest BCUT2D eigenvalue weighted by atomic mass is 32.1. The van der Waals surface area contributed by atoms with Crippen LogP contribution in [-0.2, 0) is 11.3 Å². The van der Waals surface area contributed by atoms with Crippen LogP contribution in [0.15, 0.2) is 17.0 Å². The molecule has 1 aromatic carbocycles. The minimum absolute atomic E-state index is 0.0966. The Bertz CT molecular complexity index is 451. The molecule has 0 radical (unpaired) electrons. The van der Waals surface area contributed by atoms with Gasteiger partial charge in [-0.25, -0.2) is 4.79 Å². The number of ether oxygens (including phenoxy) is 1. The summed E-state index contributed by atoms with van der Waals surface area (Å²) in [5.74, 6) is -0.612. The van der Waals surface area contributed by atoms with Crippen molar-refractivity contribution in [2.75, 3.05) is 6.61 Å². The van der Waals surface area contributed by atoms with Crippen molar-refractivity contribution >= 4 is 18.6 Å². The Balaban J connectivity index is 3.37. The maximum Gasteiger partial charge on any atom is 0.339 e. The molecule has 0 bridgehead atoms. The molecule has 0 heterocycles. The second-order valence-electron chi connectivity index (χ2n) is 2.98. The van der Waals surface area contributed by atoms with Gasteiger partial charge in [0.05, 0.1) is 24.3 Å². The van der Waals surface area contributed by atoms with Gasteiger partial charge < -0.3 is 9.84 Å². The predicted octanol–water partition coefficient (Wildman–Crippen LogP) is 1.52. The lowest BCUT2D eigenvalue weighted by Crippen LogP contribution is -2.11.